The van der Waals surface area contributed by atoms with Gasteiger partial charge in [-0.3, -0.25) is 0 Å². The maximum Gasteiger partial charge on any atom is 0.345 e. The fraction of sp³-hybridized carbons (Fsp3) is 1.00. The zero-order valence-electron chi connectivity index (χ0n) is 8.73. The molecule has 0 aromatic rings. The van der Waals surface area contributed by atoms with Crippen molar-refractivity contribution in [3.63, 3.8) is 0 Å². The van der Waals surface area contributed by atoms with Crippen molar-refractivity contribution >= 4 is 0 Å². The Kier molecular flexibility index (Phi) is 5.40. The van der Waals surface area contributed by atoms with E-state index in [2.05, 4.69) is 10.1 Å². The lowest BCUT2D eigenvalue weighted by atomic mass is 9.87. The van der Waals surface area contributed by atoms with E-state index in [-0.39, 0.29) is 5.41 Å². The monoisotopic (exact) mass is 195 g/mol. The van der Waals surface area contributed by atoms with Crippen LogP contribution in [0, 0.1) is 5.41 Å². The zero-order valence-corrected chi connectivity index (χ0v) is 8.73. The third kappa shape index (κ3) is 5.93. The van der Waals surface area contributed by atoms with E-state index < -0.39 is 12.7 Å². The van der Waals surface area contributed by atoms with Crippen LogP contribution in [0.15, 0.2) is 0 Å². The first-order valence-corrected chi connectivity index (χ1v) is 4.46. The van der Waals surface area contributed by atoms with Crippen LogP contribution in [0.2, 0.25) is 0 Å². The van der Waals surface area contributed by atoms with E-state index in [1.165, 1.54) is 0 Å². The van der Waals surface area contributed by atoms with Crippen LogP contribution in [0.25, 0.3) is 0 Å². The third-order valence-corrected chi connectivity index (χ3v) is 1.89. The number of rotatable bonds is 5. The van der Waals surface area contributed by atoms with Gasteiger partial charge in [0.1, 0.15) is 0 Å². The lowest BCUT2D eigenvalue weighted by Crippen LogP contribution is -2.33. The summed E-state index contributed by atoms with van der Waals surface area (Å²) in [5.74, 6) is 0. The first kappa shape index (κ1) is 12.8. The van der Waals surface area contributed by atoms with Gasteiger partial charge in [0.2, 0.25) is 0 Å². The van der Waals surface area contributed by atoms with Crippen molar-refractivity contribution in [1.82, 2.24) is 5.32 Å². The van der Waals surface area contributed by atoms with Crippen molar-refractivity contribution in [1.29, 1.82) is 0 Å². The summed E-state index contributed by atoms with van der Waals surface area (Å²) in [6.45, 7) is 3.71. The van der Waals surface area contributed by atoms with Crippen molar-refractivity contribution < 1.29 is 13.5 Å². The number of ether oxygens (including phenoxy) is 1. The van der Waals surface area contributed by atoms with E-state index in [1.807, 2.05) is 20.8 Å². The molecule has 0 aromatic heterocycles. The van der Waals surface area contributed by atoms with Crippen molar-refractivity contribution in [2.45, 2.75) is 39.9 Å². The van der Waals surface area contributed by atoms with Crippen LogP contribution < -0.4 is 5.32 Å². The molecule has 0 saturated heterocycles. The van der Waals surface area contributed by atoms with Gasteiger partial charge in [-0.15, -0.1) is 0 Å². The van der Waals surface area contributed by atoms with Crippen LogP contribution in [-0.2, 0) is 4.74 Å². The molecule has 0 aliphatic heterocycles. The lowest BCUT2D eigenvalue weighted by molar-refractivity contribution is -0.188. The molecule has 13 heavy (non-hydrogen) atoms. The normalized spacial score (nSPS) is 15.0. The minimum atomic E-state index is -2.68. The highest BCUT2D eigenvalue weighted by atomic mass is 19.3. The van der Waals surface area contributed by atoms with Crippen LogP contribution in [-0.4, -0.2) is 26.3 Å². The van der Waals surface area contributed by atoms with Gasteiger partial charge in [0.25, 0.3) is 0 Å². The van der Waals surface area contributed by atoms with Gasteiger partial charge < -0.3 is 10.1 Å². The molecule has 1 N–H and O–H groups in total. The fourth-order valence-corrected chi connectivity index (χ4v) is 1.10. The van der Waals surface area contributed by atoms with Gasteiger partial charge in [0.05, 0.1) is 6.10 Å². The van der Waals surface area contributed by atoms with E-state index in [4.69, 9.17) is 0 Å². The molecule has 0 aliphatic carbocycles. The summed E-state index contributed by atoms with van der Waals surface area (Å²) in [5.41, 5.74) is -0.243. The Labute approximate surface area is 78.7 Å². The van der Waals surface area contributed by atoms with Crippen LogP contribution in [0.3, 0.4) is 0 Å². The Morgan fingerprint density at radius 1 is 1.31 bits per heavy atom. The zero-order chi connectivity index (χ0) is 10.5. The summed E-state index contributed by atoms with van der Waals surface area (Å²) in [6, 6.07) is 0. The van der Waals surface area contributed by atoms with Crippen molar-refractivity contribution in [2.24, 2.45) is 5.41 Å². The van der Waals surface area contributed by atoms with E-state index in [0.717, 1.165) is 0 Å². The number of nitrogens with one attached hydrogen (secondary N) is 1. The predicted octanol–water partition coefficient (Wildman–Crippen LogP) is 2.25. The highest BCUT2D eigenvalue weighted by Gasteiger charge is 2.27. The van der Waals surface area contributed by atoms with Gasteiger partial charge in [0.15, 0.2) is 0 Å². The SMILES string of the molecule is CNCCC(OC(F)F)C(C)(C)C. The van der Waals surface area contributed by atoms with Gasteiger partial charge in [-0.25, -0.2) is 0 Å². The van der Waals surface area contributed by atoms with E-state index in [9.17, 15) is 8.78 Å². The molecule has 0 aromatic carbocycles. The predicted molar refractivity (Wildman–Crippen MR) is 48.9 cm³/mol. The fourth-order valence-electron chi connectivity index (χ4n) is 1.10. The molecule has 0 spiro atoms. The Morgan fingerprint density at radius 3 is 2.15 bits per heavy atom. The Morgan fingerprint density at radius 2 is 1.85 bits per heavy atom. The van der Waals surface area contributed by atoms with Gasteiger partial charge in [-0.1, -0.05) is 20.8 Å². The van der Waals surface area contributed by atoms with Gasteiger partial charge in [0, 0.05) is 0 Å². The Balaban J connectivity index is 4.03. The second-order valence-corrected chi connectivity index (χ2v) is 4.14. The smallest absolute Gasteiger partial charge is 0.320 e. The molecule has 1 unspecified atom stereocenters. The third-order valence-electron chi connectivity index (χ3n) is 1.89. The standard InChI is InChI=1S/C9H19F2NO/c1-9(2,3)7(5-6-12-4)13-8(10)11/h7-8,12H,5-6H2,1-4H3. The first-order chi connectivity index (χ1) is 5.88. The highest BCUT2D eigenvalue weighted by Crippen LogP contribution is 2.26. The van der Waals surface area contributed by atoms with Gasteiger partial charge >= 0.3 is 6.61 Å². The molecule has 80 valence electrons. The number of hydrogen-bond donors (Lipinski definition) is 1. The molecule has 0 rings (SSSR count). The summed E-state index contributed by atoms with van der Waals surface area (Å²) in [7, 11) is 1.79. The van der Waals surface area contributed by atoms with E-state index in [0.29, 0.717) is 13.0 Å². The van der Waals surface area contributed by atoms with Crippen molar-refractivity contribution in [3.05, 3.63) is 0 Å². The minimum Gasteiger partial charge on any atom is -0.320 e. The van der Waals surface area contributed by atoms with E-state index >= 15 is 0 Å². The molecule has 0 heterocycles. The topological polar surface area (TPSA) is 21.3 Å². The molecule has 0 fully saturated rings. The molecule has 0 amide bonds. The van der Waals surface area contributed by atoms with Crippen LogP contribution >= 0.6 is 0 Å². The van der Waals surface area contributed by atoms with Crippen LogP contribution in [0.1, 0.15) is 27.2 Å². The summed E-state index contributed by atoms with van der Waals surface area (Å²) >= 11 is 0. The van der Waals surface area contributed by atoms with Gasteiger partial charge in [-0.05, 0) is 25.4 Å². The maximum absolute atomic E-state index is 12.0. The average molecular weight is 195 g/mol. The largest absolute Gasteiger partial charge is 0.345 e. The quantitative estimate of drug-likeness (QED) is 0.726. The molecule has 0 bridgehead atoms. The molecule has 0 aliphatic rings. The molecular weight excluding hydrogens is 176 g/mol. The Hall–Kier alpha value is -0.220. The molecular formula is C9H19F2NO. The number of halogens is 2. The number of alkyl halides is 2. The highest BCUT2D eigenvalue weighted by molar-refractivity contribution is 4.75. The molecule has 0 radical (unpaired) electrons. The second kappa shape index (κ2) is 5.50. The average Bonchev–Trinajstić information content (AvgIpc) is 1.95. The maximum atomic E-state index is 12.0. The Bertz CT molecular complexity index is 134. The lowest BCUT2D eigenvalue weighted by Gasteiger charge is -2.30. The van der Waals surface area contributed by atoms with E-state index in [1.54, 1.807) is 7.05 Å². The molecule has 2 nitrogen and oxygen atoms in total. The molecule has 1 atom stereocenters. The van der Waals surface area contributed by atoms with Crippen molar-refractivity contribution in [3.8, 4) is 0 Å². The summed E-state index contributed by atoms with van der Waals surface area (Å²) in [6.07, 6.45) is 0.199. The number of hydrogen-bond acceptors (Lipinski definition) is 2. The molecule has 4 heteroatoms. The summed E-state index contributed by atoms with van der Waals surface area (Å²) in [5, 5.41) is 2.92. The van der Waals surface area contributed by atoms with Gasteiger partial charge in [-0.2, -0.15) is 8.78 Å². The molecule has 0 saturated carbocycles. The second-order valence-electron chi connectivity index (χ2n) is 4.14. The van der Waals surface area contributed by atoms with Crippen LogP contribution in [0.5, 0.6) is 0 Å². The first-order valence-electron chi connectivity index (χ1n) is 4.46. The summed E-state index contributed by atoms with van der Waals surface area (Å²) in [4.78, 5) is 0. The summed E-state index contributed by atoms with van der Waals surface area (Å²) < 4.78 is 28.5. The minimum absolute atomic E-state index is 0.243. The van der Waals surface area contributed by atoms with Crippen LogP contribution in [0.4, 0.5) is 8.78 Å². The van der Waals surface area contributed by atoms with Crippen molar-refractivity contribution in [2.75, 3.05) is 13.6 Å².